The summed E-state index contributed by atoms with van der Waals surface area (Å²) in [6.07, 6.45) is 8.09. The molecule has 3 fully saturated rings. The number of rotatable bonds is 8. The van der Waals surface area contributed by atoms with Gasteiger partial charge in [-0.2, -0.15) is 0 Å². The van der Waals surface area contributed by atoms with Gasteiger partial charge in [0.05, 0.1) is 24.6 Å². The zero-order chi connectivity index (χ0) is 30.0. The molecule has 1 aromatic carbocycles. The van der Waals surface area contributed by atoms with Crippen LogP contribution in [0.5, 0.6) is 5.75 Å². The van der Waals surface area contributed by atoms with Crippen LogP contribution in [0.2, 0.25) is 0 Å². The maximum atomic E-state index is 13.5. The maximum Gasteiger partial charge on any atom is 0.254 e. The molecule has 3 aliphatic rings. The van der Waals surface area contributed by atoms with Crippen molar-refractivity contribution in [3.8, 4) is 17.3 Å². The molecule has 0 radical (unpaired) electrons. The summed E-state index contributed by atoms with van der Waals surface area (Å²) in [5.74, 6) is 2.26. The number of anilines is 1. The van der Waals surface area contributed by atoms with E-state index in [1.165, 1.54) is 10.6 Å². The average Bonchev–Trinajstić information content (AvgIpc) is 3.62. The number of nitrogens with two attached hydrogens (primary N) is 1. The van der Waals surface area contributed by atoms with E-state index in [1.807, 2.05) is 34.7 Å². The van der Waals surface area contributed by atoms with Crippen LogP contribution in [0.15, 0.2) is 30.3 Å². The lowest BCUT2D eigenvalue weighted by molar-refractivity contribution is 0.0708. The summed E-state index contributed by atoms with van der Waals surface area (Å²) < 4.78 is 37.1. The van der Waals surface area contributed by atoms with Crippen LogP contribution in [-0.2, 0) is 23.6 Å². The molecule has 4 aromatic rings. The number of pyridine rings is 1. The minimum absolute atomic E-state index is 0.00877. The standard InChI is InChI=1S/C31H39N7O4S/c1-35-28-24(14-21(16-26(28)42-2)31(39)36-13-5-6-22(32)18-36)33-30(35)25-15-20-11-12-27(34-29(20)37(25)17-19-9-10-19)38(43(3,40)41)23-7-4-8-23/h11-12,14-16,19,22-23H,4-10,13,17-18,32H2,1-3H3/t22-/m1/s1. The van der Waals surface area contributed by atoms with E-state index in [0.717, 1.165) is 79.6 Å². The zero-order valence-corrected chi connectivity index (χ0v) is 25.8. The summed E-state index contributed by atoms with van der Waals surface area (Å²) in [7, 11) is 0.0889. The lowest BCUT2D eigenvalue weighted by atomic mass is 9.93. The normalized spacial score (nSPS) is 19.6. The number of hydrogen-bond donors (Lipinski definition) is 1. The molecule has 12 heteroatoms. The Morgan fingerprint density at radius 1 is 1.09 bits per heavy atom. The summed E-state index contributed by atoms with van der Waals surface area (Å²) in [5.41, 5.74) is 9.82. The van der Waals surface area contributed by atoms with E-state index < -0.39 is 10.0 Å². The van der Waals surface area contributed by atoms with Gasteiger partial charge in [-0.3, -0.25) is 9.10 Å². The molecule has 3 aromatic heterocycles. The van der Waals surface area contributed by atoms with E-state index in [0.29, 0.717) is 41.7 Å². The summed E-state index contributed by atoms with van der Waals surface area (Å²) in [6.45, 7) is 2.01. The molecule has 4 heterocycles. The fourth-order valence-corrected chi connectivity index (χ4v) is 7.81. The predicted molar refractivity (Wildman–Crippen MR) is 167 cm³/mol. The maximum absolute atomic E-state index is 13.5. The molecule has 228 valence electrons. The van der Waals surface area contributed by atoms with Crippen LogP contribution in [-0.4, -0.2) is 76.9 Å². The second-order valence-electron chi connectivity index (χ2n) is 12.5. The third kappa shape index (κ3) is 5.04. The predicted octanol–water partition coefficient (Wildman–Crippen LogP) is 3.89. The number of fused-ring (bicyclic) bond motifs is 2. The Hall–Kier alpha value is -3.64. The molecular weight excluding hydrogens is 566 g/mol. The molecule has 0 bridgehead atoms. The summed E-state index contributed by atoms with van der Waals surface area (Å²) >= 11 is 0. The monoisotopic (exact) mass is 605 g/mol. The summed E-state index contributed by atoms with van der Waals surface area (Å²) in [4.78, 5) is 25.3. The lowest BCUT2D eigenvalue weighted by Crippen LogP contribution is -2.45. The van der Waals surface area contributed by atoms with Crippen molar-refractivity contribution in [3.05, 3.63) is 35.9 Å². The first-order valence-corrected chi connectivity index (χ1v) is 17.1. The number of hydrogen-bond acceptors (Lipinski definition) is 7. The number of amides is 1. The number of sulfonamides is 1. The van der Waals surface area contributed by atoms with Crippen molar-refractivity contribution in [2.75, 3.05) is 30.8 Å². The first kappa shape index (κ1) is 28.1. The number of imidazole rings is 1. The van der Waals surface area contributed by atoms with Crippen molar-refractivity contribution in [2.24, 2.45) is 18.7 Å². The molecule has 1 atom stereocenters. The second kappa shape index (κ2) is 10.5. The highest BCUT2D eigenvalue weighted by Gasteiger charge is 2.34. The topological polar surface area (TPSA) is 129 Å². The van der Waals surface area contributed by atoms with E-state index in [-0.39, 0.29) is 18.0 Å². The number of piperidine rings is 1. The van der Waals surface area contributed by atoms with Gasteiger partial charge in [0.2, 0.25) is 10.0 Å². The van der Waals surface area contributed by atoms with Crippen molar-refractivity contribution >= 4 is 43.8 Å². The molecule has 1 amide bonds. The fourth-order valence-electron chi connectivity index (χ4n) is 6.61. The number of carbonyl (C=O) groups is 1. The van der Waals surface area contributed by atoms with Crippen molar-refractivity contribution < 1.29 is 17.9 Å². The van der Waals surface area contributed by atoms with Crippen LogP contribution in [0.25, 0.3) is 33.6 Å². The molecule has 2 aliphatic carbocycles. The van der Waals surface area contributed by atoms with Gasteiger partial charge in [-0.15, -0.1) is 0 Å². The van der Waals surface area contributed by atoms with Crippen LogP contribution in [0, 0.1) is 5.92 Å². The van der Waals surface area contributed by atoms with Gasteiger partial charge in [-0.05, 0) is 81.2 Å². The van der Waals surface area contributed by atoms with Gasteiger partial charge in [-0.1, -0.05) is 0 Å². The minimum Gasteiger partial charge on any atom is -0.494 e. The van der Waals surface area contributed by atoms with Crippen LogP contribution in [0.3, 0.4) is 0 Å². The average molecular weight is 606 g/mol. The Kier molecular flexibility index (Phi) is 6.88. The fraction of sp³-hybridized carbons (Fsp3) is 0.516. The Bertz CT molecular complexity index is 1840. The van der Waals surface area contributed by atoms with Crippen LogP contribution >= 0.6 is 0 Å². The smallest absolute Gasteiger partial charge is 0.254 e. The van der Waals surface area contributed by atoms with Gasteiger partial charge in [0.25, 0.3) is 5.91 Å². The number of methoxy groups -OCH3 is 1. The molecule has 2 saturated carbocycles. The van der Waals surface area contributed by atoms with Crippen molar-refractivity contribution in [3.63, 3.8) is 0 Å². The number of aromatic nitrogens is 4. The van der Waals surface area contributed by atoms with Gasteiger partial charge in [0.15, 0.2) is 5.82 Å². The van der Waals surface area contributed by atoms with Crippen molar-refractivity contribution in [1.29, 1.82) is 0 Å². The Morgan fingerprint density at radius 3 is 2.53 bits per heavy atom. The van der Waals surface area contributed by atoms with E-state index in [9.17, 15) is 13.2 Å². The summed E-state index contributed by atoms with van der Waals surface area (Å²) in [6, 6.07) is 9.44. The highest BCUT2D eigenvalue weighted by molar-refractivity contribution is 7.92. The first-order valence-electron chi connectivity index (χ1n) is 15.2. The van der Waals surface area contributed by atoms with E-state index >= 15 is 0 Å². The molecule has 0 spiro atoms. The molecular formula is C31H39N7O4S. The van der Waals surface area contributed by atoms with Gasteiger partial charge in [-0.25, -0.2) is 18.4 Å². The van der Waals surface area contributed by atoms with Gasteiger partial charge in [0, 0.05) is 49.7 Å². The minimum atomic E-state index is -3.48. The Morgan fingerprint density at radius 2 is 1.88 bits per heavy atom. The van der Waals surface area contributed by atoms with Crippen LogP contribution in [0.4, 0.5) is 5.82 Å². The largest absolute Gasteiger partial charge is 0.494 e. The molecule has 11 nitrogen and oxygen atoms in total. The molecule has 1 aliphatic heterocycles. The number of benzene rings is 1. The third-order valence-electron chi connectivity index (χ3n) is 9.23. The molecule has 1 saturated heterocycles. The zero-order valence-electron chi connectivity index (χ0n) is 25.0. The second-order valence-corrected chi connectivity index (χ2v) is 14.4. The SMILES string of the molecule is COc1cc(C(=O)N2CCC[C@@H](N)C2)cc2nc(-c3cc4ccc(N(C5CCC5)S(C)(=O)=O)nc4n3CC3CC3)n(C)c12. The number of ether oxygens (including phenoxy) is 1. The Balaban J connectivity index is 1.34. The summed E-state index contributed by atoms with van der Waals surface area (Å²) in [5, 5.41) is 0.929. The van der Waals surface area contributed by atoms with Crippen molar-refractivity contribution in [2.45, 2.75) is 63.6 Å². The van der Waals surface area contributed by atoms with Gasteiger partial charge >= 0.3 is 0 Å². The number of likely N-dealkylation sites (tertiary alicyclic amines) is 1. The molecule has 2 N–H and O–H groups in total. The highest BCUT2D eigenvalue weighted by Crippen LogP contribution is 2.39. The first-order chi connectivity index (χ1) is 20.6. The highest BCUT2D eigenvalue weighted by atomic mass is 32.2. The van der Waals surface area contributed by atoms with E-state index in [2.05, 4.69) is 10.6 Å². The Labute approximate surface area is 251 Å². The number of nitrogens with zero attached hydrogens (tertiary/aromatic N) is 6. The van der Waals surface area contributed by atoms with Crippen molar-refractivity contribution in [1.82, 2.24) is 24.0 Å². The van der Waals surface area contributed by atoms with Crippen LogP contribution < -0.4 is 14.8 Å². The number of carbonyl (C=O) groups excluding carboxylic acids is 1. The lowest BCUT2D eigenvalue weighted by Gasteiger charge is -2.36. The molecule has 43 heavy (non-hydrogen) atoms. The van der Waals surface area contributed by atoms with Gasteiger partial charge in [0.1, 0.15) is 22.7 Å². The van der Waals surface area contributed by atoms with E-state index in [1.54, 1.807) is 13.2 Å². The quantitative estimate of drug-likeness (QED) is 0.323. The van der Waals surface area contributed by atoms with Gasteiger partial charge < -0.3 is 24.5 Å². The molecule has 0 unspecified atom stereocenters. The third-order valence-corrected chi connectivity index (χ3v) is 10.4. The van der Waals surface area contributed by atoms with Crippen LogP contribution in [0.1, 0.15) is 55.3 Å². The number of aryl methyl sites for hydroxylation is 1. The molecule has 7 rings (SSSR count). The van der Waals surface area contributed by atoms with E-state index in [4.69, 9.17) is 20.4 Å².